The van der Waals surface area contributed by atoms with Crippen molar-refractivity contribution in [3.8, 4) is 5.75 Å². The number of aliphatic imine (C=N–C) groups is 1. The van der Waals surface area contributed by atoms with Crippen LogP contribution in [-0.2, 0) is 6.18 Å². The van der Waals surface area contributed by atoms with E-state index < -0.39 is 23.4 Å². The summed E-state index contributed by atoms with van der Waals surface area (Å²) in [5.41, 5.74) is 1.23. The van der Waals surface area contributed by atoms with Crippen LogP contribution in [0.5, 0.6) is 5.75 Å². The highest BCUT2D eigenvalue weighted by molar-refractivity contribution is 6.07. The van der Waals surface area contributed by atoms with Crippen LogP contribution < -0.4 is 4.74 Å². The third kappa shape index (κ3) is 4.79. The van der Waals surface area contributed by atoms with Crippen molar-refractivity contribution in [2.24, 2.45) is 4.99 Å². The normalized spacial score (nSPS) is 20.3. The molecule has 0 fully saturated rings. The van der Waals surface area contributed by atoms with E-state index in [0.29, 0.717) is 23.8 Å². The van der Waals surface area contributed by atoms with Gasteiger partial charge in [-0.1, -0.05) is 30.4 Å². The second-order valence-corrected chi connectivity index (χ2v) is 6.86. The van der Waals surface area contributed by atoms with Gasteiger partial charge in [-0.2, -0.15) is 13.2 Å². The zero-order valence-corrected chi connectivity index (χ0v) is 16.0. The molecular weight excluding hydrogens is 415 g/mol. The fourth-order valence-electron chi connectivity index (χ4n) is 3.26. The van der Waals surface area contributed by atoms with Gasteiger partial charge in [0.1, 0.15) is 24.0 Å². The number of hydrogen-bond donors (Lipinski definition) is 0. The Morgan fingerprint density at radius 3 is 2.55 bits per heavy atom. The quantitative estimate of drug-likeness (QED) is 0.552. The van der Waals surface area contributed by atoms with Crippen LogP contribution in [0.25, 0.3) is 5.57 Å². The Balaban J connectivity index is 1.60. The zero-order valence-electron chi connectivity index (χ0n) is 16.0. The fraction of sp³-hybridized carbons (Fsp3) is 0.130. The van der Waals surface area contributed by atoms with E-state index in [1.54, 1.807) is 30.4 Å². The highest BCUT2D eigenvalue weighted by Crippen LogP contribution is 2.36. The molecule has 0 amide bonds. The molecule has 2 heterocycles. The van der Waals surface area contributed by atoms with E-state index in [0.717, 1.165) is 29.6 Å². The van der Waals surface area contributed by atoms with Gasteiger partial charge in [-0.3, -0.25) is 9.98 Å². The number of aromatic nitrogens is 1. The molecule has 3 nitrogen and oxygen atoms in total. The molecule has 2 aromatic rings. The summed E-state index contributed by atoms with van der Waals surface area (Å²) < 4.78 is 72.2. The Kier molecular flexibility index (Phi) is 5.54. The first-order valence-corrected chi connectivity index (χ1v) is 9.27. The fourth-order valence-corrected chi connectivity index (χ4v) is 3.26. The minimum absolute atomic E-state index is 0.0858. The molecule has 0 N–H and O–H groups in total. The first-order valence-electron chi connectivity index (χ1n) is 9.27. The van der Waals surface area contributed by atoms with Gasteiger partial charge >= 0.3 is 6.18 Å². The molecule has 8 heteroatoms. The van der Waals surface area contributed by atoms with Crippen LogP contribution in [0.2, 0.25) is 0 Å². The number of alkyl halides is 3. The Labute approximate surface area is 174 Å². The van der Waals surface area contributed by atoms with Gasteiger partial charge in [-0.15, -0.1) is 0 Å². The summed E-state index contributed by atoms with van der Waals surface area (Å²) in [6, 6.07) is 3.83. The lowest BCUT2D eigenvalue weighted by molar-refractivity contribution is -0.137. The topological polar surface area (TPSA) is 34.5 Å². The van der Waals surface area contributed by atoms with Crippen molar-refractivity contribution in [1.82, 2.24) is 4.98 Å². The minimum atomic E-state index is -4.68. The molecule has 1 aromatic heterocycles. The van der Waals surface area contributed by atoms with E-state index in [1.807, 2.05) is 0 Å². The monoisotopic (exact) mass is 430 g/mol. The molecular formula is C23H15F5N2O. The molecule has 31 heavy (non-hydrogen) atoms. The summed E-state index contributed by atoms with van der Waals surface area (Å²) in [4.78, 5) is 8.18. The lowest BCUT2D eigenvalue weighted by atomic mass is 9.95. The number of pyridine rings is 1. The van der Waals surface area contributed by atoms with Crippen LogP contribution in [0.4, 0.5) is 22.0 Å². The van der Waals surface area contributed by atoms with Crippen LogP contribution in [0, 0.1) is 11.6 Å². The number of ether oxygens (including phenoxy) is 1. The van der Waals surface area contributed by atoms with E-state index >= 15 is 0 Å². The average Bonchev–Trinajstić information content (AvgIpc) is 3.07. The number of rotatable bonds is 4. The molecule has 1 aliphatic heterocycles. The van der Waals surface area contributed by atoms with Crippen LogP contribution in [0.15, 0.2) is 83.3 Å². The van der Waals surface area contributed by atoms with Crippen LogP contribution in [0.1, 0.15) is 17.5 Å². The third-order valence-electron chi connectivity index (χ3n) is 4.65. The molecule has 0 saturated heterocycles. The van der Waals surface area contributed by atoms with E-state index in [4.69, 9.17) is 4.74 Å². The zero-order chi connectivity index (χ0) is 22.0. The molecule has 1 aliphatic carbocycles. The van der Waals surface area contributed by atoms with Crippen molar-refractivity contribution in [1.29, 1.82) is 0 Å². The molecule has 158 valence electrons. The Morgan fingerprint density at radius 2 is 1.77 bits per heavy atom. The summed E-state index contributed by atoms with van der Waals surface area (Å²) in [5.74, 6) is -1.20. The number of allylic oxidation sites excluding steroid dienone is 7. The van der Waals surface area contributed by atoms with E-state index in [-0.39, 0.29) is 17.9 Å². The summed E-state index contributed by atoms with van der Waals surface area (Å²) >= 11 is 0. The van der Waals surface area contributed by atoms with Crippen LogP contribution >= 0.6 is 0 Å². The number of nitrogens with zero attached hydrogens (tertiary/aromatic N) is 2. The van der Waals surface area contributed by atoms with Gasteiger partial charge in [-0.25, -0.2) is 8.78 Å². The molecule has 0 radical (unpaired) electrons. The van der Waals surface area contributed by atoms with Gasteiger partial charge in [-0.05, 0) is 34.9 Å². The average molecular weight is 430 g/mol. The highest BCUT2D eigenvalue weighted by Gasteiger charge is 2.34. The molecule has 4 rings (SSSR count). The van der Waals surface area contributed by atoms with Crippen LogP contribution in [-0.4, -0.2) is 17.3 Å². The predicted octanol–water partition coefficient (Wildman–Crippen LogP) is 6.07. The predicted molar refractivity (Wildman–Crippen MR) is 106 cm³/mol. The standard InChI is InChI=1S/C23H15F5N2O/c24-16-6-7-20(21(10-16)23(26,27)28)14-2-1-3-22-15(5-4-14)8-18(30-22)13-31-19-9-17(25)11-29-12-19/h1-2,4-12H,3,13H2/b2-1+,14-4+,15-5-. The summed E-state index contributed by atoms with van der Waals surface area (Å²) in [6.45, 7) is 0.0858. The van der Waals surface area contributed by atoms with E-state index in [1.165, 1.54) is 12.3 Å². The van der Waals surface area contributed by atoms with Gasteiger partial charge in [0.25, 0.3) is 0 Å². The Morgan fingerprint density at radius 1 is 0.968 bits per heavy atom. The van der Waals surface area contributed by atoms with Crippen molar-refractivity contribution in [2.45, 2.75) is 12.6 Å². The summed E-state index contributed by atoms with van der Waals surface area (Å²) in [5, 5.41) is 0. The summed E-state index contributed by atoms with van der Waals surface area (Å²) in [7, 11) is 0. The van der Waals surface area contributed by atoms with Gasteiger partial charge < -0.3 is 4.74 Å². The number of hydrogen-bond acceptors (Lipinski definition) is 3. The Bertz CT molecular complexity index is 1170. The van der Waals surface area contributed by atoms with Gasteiger partial charge in [0, 0.05) is 12.5 Å². The molecule has 2 aliphatic rings. The molecule has 0 spiro atoms. The Hall–Kier alpha value is -3.55. The maximum absolute atomic E-state index is 13.4. The lowest BCUT2D eigenvalue weighted by Gasteiger charge is -2.14. The minimum Gasteiger partial charge on any atom is -0.486 e. The molecule has 1 aromatic carbocycles. The highest BCUT2D eigenvalue weighted by atomic mass is 19.4. The summed E-state index contributed by atoms with van der Waals surface area (Å²) in [6.07, 6.45) is 6.39. The first kappa shape index (κ1) is 20.7. The third-order valence-corrected chi connectivity index (χ3v) is 4.65. The van der Waals surface area contributed by atoms with Gasteiger partial charge in [0.15, 0.2) is 0 Å². The first-order chi connectivity index (χ1) is 14.8. The van der Waals surface area contributed by atoms with Crippen molar-refractivity contribution in [3.05, 3.63) is 101 Å². The largest absolute Gasteiger partial charge is 0.486 e. The number of benzene rings is 1. The number of fused-ring (bicyclic) bond motifs is 1. The van der Waals surface area contributed by atoms with Crippen molar-refractivity contribution >= 4 is 11.3 Å². The van der Waals surface area contributed by atoms with Crippen LogP contribution in [0.3, 0.4) is 0 Å². The molecule has 0 saturated carbocycles. The van der Waals surface area contributed by atoms with Crippen molar-refractivity contribution in [2.75, 3.05) is 6.61 Å². The maximum atomic E-state index is 13.4. The van der Waals surface area contributed by atoms with Crippen molar-refractivity contribution in [3.63, 3.8) is 0 Å². The molecule has 0 atom stereocenters. The number of halogens is 5. The second-order valence-electron chi connectivity index (χ2n) is 6.86. The van der Waals surface area contributed by atoms with E-state index in [9.17, 15) is 22.0 Å². The lowest BCUT2D eigenvalue weighted by Crippen LogP contribution is -2.09. The van der Waals surface area contributed by atoms with Gasteiger partial charge in [0.05, 0.1) is 29.4 Å². The molecule has 0 unspecified atom stereocenters. The maximum Gasteiger partial charge on any atom is 0.417 e. The SMILES string of the molecule is Fc1cncc(OCC2=C/C3=C/C=C(c4ccc(F)cc4C(F)(F)F)\C=C\CC3=N2)c1. The van der Waals surface area contributed by atoms with Crippen molar-refractivity contribution < 1.29 is 26.7 Å². The van der Waals surface area contributed by atoms with Gasteiger partial charge in [0.2, 0.25) is 0 Å². The smallest absolute Gasteiger partial charge is 0.417 e. The molecule has 0 bridgehead atoms. The second kappa shape index (κ2) is 8.29. The van der Waals surface area contributed by atoms with E-state index in [2.05, 4.69) is 9.98 Å².